The van der Waals surface area contributed by atoms with Crippen LogP contribution in [-0.4, -0.2) is 18.1 Å². The van der Waals surface area contributed by atoms with Crippen molar-refractivity contribution < 1.29 is 0 Å². The first-order valence-electron chi connectivity index (χ1n) is 7.98. The van der Waals surface area contributed by atoms with Crippen LogP contribution in [0.15, 0.2) is 0 Å². The lowest BCUT2D eigenvalue weighted by atomic mass is 9.77. The first-order chi connectivity index (χ1) is 9.48. The van der Waals surface area contributed by atoms with Crippen LogP contribution in [0.3, 0.4) is 0 Å². The number of hydrogen-bond donors (Lipinski definition) is 1. The summed E-state index contributed by atoms with van der Waals surface area (Å²) >= 11 is 1.84. The Bertz CT molecular complexity index is 476. The minimum atomic E-state index is 0.183. The van der Waals surface area contributed by atoms with Gasteiger partial charge in [0, 0.05) is 24.0 Å². The lowest BCUT2D eigenvalue weighted by Gasteiger charge is -2.32. The van der Waals surface area contributed by atoms with Crippen LogP contribution < -0.4 is 10.6 Å². The van der Waals surface area contributed by atoms with Gasteiger partial charge in [0.2, 0.25) is 0 Å². The fourth-order valence-corrected chi connectivity index (χ4v) is 4.60. The van der Waals surface area contributed by atoms with Crippen LogP contribution >= 0.6 is 11.3 Å². The summed E-state index contributed by atoms with van der Waals surface area (Å²) in [6.07, 6.45) is 6.36. The first kappa shape index (κ1) is 14.3. The Morgan fingerprint density at radius 3 is 2.75 bits per heavy atom. The Balaban J connectivity index is 1.80. The minimum Gasteiger partial charge on any atom is -0.348 e. The van der Waals surface area contributed by atoms with E-state index >= 15 is 0 Å². The number of nitrogens with two attached hydrogens (primary N) is 1. The number of thiazole rings is 1. The van der Waals surface area contributed by atoms with Gasteiger partial charge in [0.1, 0.15) is 0 Å². The summed E-state index contributed by atoms with van der Waals surface area (Å²) in [5, 5.41) is 1.21. The molecule has 0 amide bonds. The molecule has 1 atom stereocenters. The van der Waals surface area contributed by atoms with E-state index in [1.807, 2.05) is 11.3 Å². The van der Waals surface area contributed by atoms with Crippen molar-refractivity contribution >= 4 is 16.5 Å². The molecule has 2 aliphatic carbocycles. The fraction of sp³-hybridized carbons (Fsp3) is 0.812. The highest BCUT2D eigenvalue weighted by Crippen LogP contribution is 2.44. The summed E-state index contributed by atoms with van der Waals surface area (Å²) in [6, 6.07) is 0.183. The van der Waals surface area contributed by atoms with Crippen molar-refractivity contribution in [1.82, 2.24) is 4.98 Å². The van der Waals surface area contributed by atoms with E-state index < -0.39 is 0 Å². The summed E-state index contributed by atoms with van der Waals surface area (Å²) in [5.41, 5.74) is 7.93. The topological polar surface area (TPSA) is 42.2 Å². The average molecular weight is 293 g/mol. The molecule has 2 aliphatic rings. The summed E-state index contributed by atoms with van der Waals surface area (Å²) in [5.74, 6) is 0.890. The predicted molar refractivity (Wildman–Crippen MR) is 86.4 cm³/mol. The number of anilines is 1. The van der Waals surface area contributed by atoms with Crippen LogP contribution in [-0.2, 0) is 6.42 Å². The van der Waals surface area contributed by atoms with Crippen molar-refractivity contribution in [2.24, 2.45) is 17.1 Å². The normalized spacial score (nSPS) is 25.1. The molecule has 2 N–H and O–H groups in total. The van der Waals surface area contributed by atoms with E-state index in [4.69, 9.17) is 10.7 Å². The second-order valence-electron chi connectivity index (χ2n) is 7.29. The molecule has 4 heteroatoms. The quantitative estimate of drug-likeness (QED) is 0.919. The van der Waals surface area contributed by atoms with Crippen LogP contribution in [0, 0.1) is 11.3 Å². The number of aromatic nitrogens is 1. The molecule has 0 spiro atoms. The van der Waals surface area contributed by atoms with Crippen molar-refractivity contribution in [2.75, 3.05) is 18.0 Å². The molecule has 3 rings (SSSR count). The van der Waals surface area contributed by atoms with Crippen molar-refractivity contribution in [1.29, 1.82) is 0 Å². The molecule has 0 bridgehead atoms. The SMILES string of the molecule is CCN(CC1CCC1)c1nc2c(s1)C(N)CC(C)(C)C2. The van der Waals surface area contributed by atoms with E-state index in [0.717, 1.165) is 25.3 Å². The Morgan fingerprint density at radius 1 is 1.40 bits per heavy atom. The van der Waals surface area contributed by atoms with E-state index in [0.29, 0.717) is 5.41 Å². The monoisotopic (exact) mass is 293 g/mol. The van der Waals surface area contributed by atoms with Gasteiger partial charge in [-0.05, 0) is 43.9 Å². The van der Waals surface area contributed by atoms with Gasteiger partial charge in [-0.1, -0.05) is 31.6 Å². The molecule has 1 fully saturated rings. The lowest BCUT2D eigenvalue weighted by molar-refractivity contribution is 0.282. The molecule has 0 aromatic carbocycles. The molecule has 1 aromatic rings. The van der Waals surface area contributed by atoms with Crippen LogP contribution in [0.2, 0.25) is 0 Å². The van der Waals surface area contributed by atoms with E-state index in [-0.39, 0.29) is 6.04 Å². The van der Waals surface area contributed by atoms with Gasteiger partial charge in [0.15, 0.2) is 5.13 Å². The highest BCUT2D eigenvalue weighted by molar-refractivity contribution is 7.15. The molecule has 1 unspecified atom stereocenters. The molecule has 112 valence electrons. The molecule has 1 aromatic heterocycles. The van der Waals surface area contributed by atoms with Crippen LogP contribution in [0.4, 0.5) is 5.13 Å². The zero-order chi connectivity index (χ0) is 14.3. The van der Waals surface area contributed by atoms with Crippen LogP contribution in [0.25, 0.3) is 0 Å². The van der Waals surface area contributed by atoms with Gasteiger partial charge in [0.05, 0.1) is 5.69 Å². The zero-order valence-electron chi connectivity index (χ0n) is 13.0. The van der Waals surface area contributed by atoms with Crippen molar-refractivity contribution in [3.8, 4) is 0 Å². The van der Waals surface area contributed by atoms with Crippen molar-refractivity contribution in [3.05, 3.63) is 10.6 Å². The highest BCUT2D eigenvalue weighted by atomic mass is 32.1. The van der Waals surface area contributed by atoms with Gasteiger partial charge in [-0.15, -0.1) is 0 Å². The predicted octanol–water partition coefficient (Wildman–Crippen LogP) is 3.74. The third-order valence-corrected chi connectivity index (χ3v) is 6.12. The summed E-state index contributed by atoms with van der Waals surface area (Å²) in [7, 11) is 0. The van der Waals surface area contributed by atoms with E-state index in [2.05, 4.69) is 25.7 Å². The summed E-state index contributed by atoms with van der Waals surface area (Å²) in [6.45, 7) is 9.09. The van der Waals surface area contributed by atoms with Gasteiger partial charge in [-0.3, -0.25) is 0 Å². The van der Waals surface area contributed by atoms with E-state index in [1.54, 1.807) is 0 Å². The highest BCUT2D eigenvalue weighted by Gasteiger charge is 2.34. The second-order valence-corrected chi connectivity index (χ2v) is 8.30. The molecule has 20 heavy (non-hydrogen) atoms. The van der Waals surface area contributed by atoms with Crippen LogP contribution in [0.5, 0.6) is 0 Å². The maximum absolute atomic E-state index is 6.37. The summed E-state index contributed by atoms with van der Waals surface area (Å²) < 4.78 is 0. The Kier molecular flexibility index (Phi) is 3.80. The van der Waals surface area contributed by atoms with Crippen LogP contribution in [0.1, 0.15) is 63.1 Å². The molecule has 3 nitrogen and oxygen atoms in total. The van der Waals surface area contributed by atoms with Gasteiger partial charge >= 0.3 is 0 Å². The summed E-state index contributed by atoms with van der Waals surface area (Å²) in [4.78, 5) is 8.75. The van der Waals surface area contributed by atoms with Gasteiger partial charge in [-0.2, -0.15) is 0 Å². The molecule has 0 aliphatic heterocycles. The molecule has 0 radical (unpaired) electrons. The molecule has 0 saturated heterocycles. The van der Waals surface area contributed by atoms with E-state index in [1.165, 1.54) is 41.5 Å². The standard InChI is InChI=1S/C16H27N3S/c1-4-19(10-11-6-5-7-11)15-18-13-9-16(2,3)8-12(17)14(13)20-15/h11-12H,4-10,17H2,1-3H3. The second kappa shape index (κ2) is 5.30. The Morgan fingerprint density at radius 2 is 2.15 bits per heavy atom. The maximum Gasteiger partial charge on any atom is 0.185 e. The Hall–Kier alpha value is -0.610. The molecule has 1 heterocycles. The van der Waals surface area contributed by atoms with Gasteiger partial charge in [-0.25, -0.2) is 4.98 Å². The number of nitrogens with zero attached hydrogens (tertiary/aromatic N) is 2. The van der Waals surface area contributed by atoms with Crippen molar-refractivity contribution in [3.63, 3.8) is 0 Å². The fourth-order valence-electron chi connectivity index (χ4n) is 3.45. The minimum absolute atomic E-state index is 0.183. The largest absolute Gasteiger partial charge is 0.348 e. The van der Waals surface area contributed by atoms with Crippen molar-refractivity contribution in [2.45, 2.75) is 58.9 Å². The average Bonchev–Trinajstić information content (AvgIpc) is 2.70. The first-order valence-corrected chi connectivity index (χ1v) is 8.80. The molecule has 1 saturated carbocycles. The number of fused-ring (bicyclic) bond motifs is 1. The van der Waals surface area contributed by atoms with E-state index in [9.17, 15) is 0 Å². The number of rotatable bonds is 4. The third kappa shape index (κ3) is 2.73. The molecular formula is C16H27N3S. The number of hydrogen-bond acceptors (Lipinski definition) is 4. The lowest BCUT2D eigenvalue weighted by Crippen LogP contribution is -2.32. The maximum atomic E-state index is 6.37. The third-order valence-electron chi connectivity index (χ3n) is 4.83. The zero-order valence-corrected chi connectivity index (χ0v) is 13.8. The molecular weight excluding hydrogens is 266 g/mol. The van der Waals surface area contributed by atoms with Gasteiger partial charge in [0.25, 0.3) is 0 Å². The van der Waals surface area contributed by atoms with Gasteiger partial charge < -0.3 is 10.6 Å². The smallest absolute Gasteiger partial charge is 0.185 e. The Labute approximate surface area is 126 Å².